The summed E-state index contributed by atoms with van der Waals surface area (Å²) in [5.41, 5.74) is -3.29. The zero-order valence-corrected chi connectivity index (χ0v) is 17.7. The fraction of sp³-hybridized carbons (Fsp3) is 0.238. The number of rotatable bonds is 4. The van der Waals surface area contributed by atoms with Gasteiger partial charge in [0.25, 0.3) is 5.91 Å². The molecule has 3 rings (SSSR count). The summed E-state index contributed by atoms with van der Waals surface area (Å²) in [7, 11) is 0. The van der Waals surface area contributed by atoms with E-state index in [2.05, 4.69) is 20.9 Å². The largest absolute Gasteiger partial charge is 0.444 e. The number of ether oxygens (including phenoxy) is 1. The number of carbonyl (C=O) groups excluding carboxylic acids is 2. The topological polar surface area (TPSA) is 98.1 Å². The van der Waals surface area contributed by atoms with Crippen molar-refractivity contribution in [3.63, 3.8) is 0 Å². The van der Waals surface area contributed by atoms with E-state index in [9.17, 15) is 27.2 Å². The first-order valence-corrected chi connectivity index (χ1v) is 9.54. The molecule has 2 amide bonds. The molecule has 8 nitrogen and oxygen atoms in total. The van der Waals surface area contributed by atoms with Crippen molar-refractivity contribution in [3.05, 3.63) is 65.7 Å². The van der Waals surface area contributed by atoms with Gasteiger partial charge in [-0.05, 0) is 57.2 Å². The van der Waals surface area contributed by atoms with Crippen LogP contribution in [0.15, 0.2) is 48.5 Å². The van der Waals surface area contributed by atoms with Crippen LogP contribution in [-0.2, 0) is 10.9 Å². The van der Waals surface area contributed by atoms with Gasteiger partial charge in [-0.2, -0.15) is 13.2 Å². The third-order valence-electron chi connectivity index (χ3n) is 4.02. The number of carbonyl (C=O) groups is 2. The smallest absolute Gasteiger partial charge is 0.435 e. The molecule has 0 aliphatic carbocycles. The van der Waals surface area contributed by atoms with Crippen LogP contribution in [0.1, 0.15) is 37.0 Å². The van der Waals surface area contributed by atoms with Crippen LogP contribution >= 0.6 is 0 Å². The van der Waals surface area contributed by atoms with Gasteiger partial charge in [0.15, 0.2) is 11.4 Å². The maximum absolute atomic E-state index is 14.0. The molecule has 0 spiro atoms. The SMILES string of the molecule is CC(C)(C)OC(=O)Nc1ccc(NC(=O)c2nnn(-c3ccccc3F)c2C(F)(F)F)cc1. The van der Waals surface area contributed by atoms with E-state index in [1.807, 2.05) is 0 Å². The van der Waals surface area contributed by atoms with E-state index in [1.165, 1.54) is 36.4 Å². The number of aromatic nitrogens is 3. The van der Waals surface area contributed by atoms with Crippen molar-refractivity contribution in [2.75, 3.05) is 10.6 Å². The third kappa shape index (κ3) is 5.84. The second kappa shape index (κ2) is 8.88. The maximum Gasteiger partial charge on any atom is 0.435 e. The summed E-state index contributed by atoms with van der Waals surface area (Å²) in [6, 6.07) is 10.2. The molecule has 174 valence electrons. The Hall–Kier alpha value is -3.96. The molecule has 3 aromatic rings. The van der Waals surface area contributed by atoms with E-state index in [-0.39, 0.29) is 10.4 Å². The Morgan fingerprint density at radius 2 is 1.52 bits per heavy atom. The number of hydrogen-bond acceptors (Lipinski definition) is 5. The van der Waals surface area contributed by atoms with Crippen LogP contribution in [0.25, 0.3) is 5.69 Å². The Bertz CT molecular complexity index is 1170. The lowest BCUT2D eigenvalue weighted by molar-refractivity contribution is -0.143. The van der Waals surface area contributed by atoms with Gasteiger partial charge in [-0.3, -0.25) is 10.1 Å². The predicted molar refractivity (Wildman–Crippen MR) is 111 cm³/mol. The molecular weight excluding hydrogens is 446 g/mol. The minimum Gasteiger partial charge on any atom is -0.444 e. The van der Waals surface area contributed by atoms with E-state index < -0.39 is 46.7 Å². The fourth-order valence-electron chi connectivity index (χ4n) is 2.73. The van der Waals surface area contributed by atoms with Crippen molar-refractivity contribution in [2.45, 2.75) is 32.5 Å². The van der Waals surface area contributed by atoms with Crippen LogP contribution < -0.4 is 10.6 Å². The standard InChI is InChI=1S/C21H19F4N5O3/c1-20(2,3)33-19(32)27-13-10-8-12(9-11-13)26-18(31)16-17(21(23,24)25)30(29-28-16)15-7-5-4-6-14(15)22/h4-11H,1-3H3,(H,26,31)(H,27,32). The summed E-state index contributed by atoms with van der Waals surface area (Å²) in [5.74, 6) is -2.16. The molecule has 0 aliphatic heterocycles. The summed E-state index contributed by atoms with van der Waals surface area (Å²) in [4.78, 5) is 24.3. The summed E-state index contributed by atoms with van der Waals surface area (Å²) in [6.07, 6.45) is -5.74. The Balaban J connectivity index is 1.81. The molecule has 33 heavy (non-hydrogen) atoms. The average molecular weight is 465 g/mol. The molecule has 1 heterocycles. The molecule has 0 unspecified atom stereocenters. The van der Waals surface area contributed by atoms with Crippen LogP contribution in [-0.4, -0.2) is 32.6 Å². The van der Waals surface area contributed by atoms with Crippen molar-refractivity contribution in [2.24, 2.45) is 0 Å². The van der Waals surface area contributed by atoms with E-state index in [1.54, 1.807) is 20.8 Å². The van der Waals surface area contributed by atoms with Crippen LogP contribution in [0.5, 0.6) is 0 Å². The normalized spacial score (nSPS) is 11.7. The Labute approximate surface area is 185 Å². The number of anilines is 2. The second-order valence-electron chi connectivity index (χ2n) is 7.81. The molecule has 0 fully saturated rings. The number of amides is 2. The highest BCUT2D eigenvalue weighted by Gasteiger charge is 2.42. The number of para-hydroxylation sites is 1. The fourth-order valence-corrected chi connectivity index (χ4v) is 2.73. The molecule has 0 bridgehead atoms. The molecule has 0 saturated heterocycles. The number of nitrogens with one attached hydrogen (secondary N) is 2. The van der Waals surface area contributed by atoms with E-state index in [0.29, 0.717) is 5.69 Å². The Morgan fingerprint density at radius 1 is 0.939 bits per heavy atom. The molecular formula is C21H19F4N5O3. The van der Waals surface area contributed by atoms with E-state index in [0.717, 1.165) is 12.1 Å². The first-order chi connectivity index (χ1) is 15.3. The minimum absolute atomic E-state index is 0.128. The lowest BCUT2D eigenvalue weighted by Crippen LogP contribution is -2.27. The highest BCUT2D eigenvalue weighted by atomic mass is 19.4. The minimum atomic E-state index is -5.04. The first kappa shape index (κ1) is 23.7. The van der Waals surface area contributed by atoms with Crippen LogP contribution in [0, 0.1) is 5.82 Å². The highest BCUT2D eigenvalue weighted by Crippen LogP contribution is 2.33. The number of benzene rings is 2. The van der Waals surface area contributed by atoms with E-state index in [4.69, 9.17) is 4.74 Å². The van der Waals surface area contributed by atoms with Crippen molar-refractivity contribution < 1.29 is 31.9 Å². The van der Waals surface area contributed by atoms with Crippen molar-refractivity contribution in [3.8, 4) is 5.69 Å². The number of alkyl halides is 3. The number of halogens is 4. The summed E-state index contributed by atoms with van der Waals surface area (Å²) in [5, 5.41) is 11.4. The number of hydrogen-bond donors (Lipinski definition) is 2. The predicted octanol–water partition coefficient (Wildman–Crippen LogP) is 5.02. The van der Waals surface area contributed by atoms with Crippen molar-refractivity contribution >= 4 is 23.4 Å². The first-order valence-electron chi connectivity index (χ1n) is 9.54. The summed E-state index contributed by atoms with van der Waals surface area (Å²) in [6.45, 7) is 5.09. The molecule has 0 saturated carbocycles. The maximum atomic E-state index is 14.0. The quantitative estimate of drug-likeness (QED) is 0.527. The van der Waals surface area contributed by atoms with Crippen LogP contribution in [0.2, 0.25) is 0 Å². The molecule has 0 atom stereocenters. The summed E-state index contributed by atoms with van der Waals surface area (Å²) >= 11 is 0. The van der Waals surface area contributed by atoms with Crippen molar-refractivity contribution in [1.82, 2.24) is 15.0 Å². The van der Waals surface area contributed by atoms with Gasteiger partial charge in [-0.1, -0.05) is 17.3 Å². The molecule has 0 radical (unpaired) electrons. The van der Waals surface area contributed by atoms with Gasteiger partial charge in [0.2, 0.25) is 0 Å². The van der Waals surface area contributed by atoms with Gasteiger partial charge in [-0.15, -0.1) is 5.10 Å². The zero-order chi connectivity index (χ0) is 24.4. The lowest BCUT2D eigenvalue weighted by atomic mass is 10.2. The average Bonchev–Trinajstić information content (AvgIpc) is 3.14. The van der Waals surface area contributed by atoms with Gasteiger partial charge in [0.05, 0.1) is 0 Å². The molecule has 0 aliphatic rings. The van der Waals surface area contributed by atoms with Gasteiger partial charge in [-0.25, -0.2) is 13.9 Å². The molecule has 1 aromatic heterocycles. The van der Waals surface area contributed by atoms with Crippen LogP contribution in [0.3, 0.4) is 0 Å². The highest BCUT2D eigenvalue weighted by molar-refractivity contribution is 6.04. The molecule has 12 heteroatoms. The van der Waals surface area contributed by atoms with Crippen molar-refractivity contribution in [1.29, 1.82) is 0 Å². The zero-order valence-electron chi connectivity index (χ0n) is 17.7. The van der Waals surface area contributed by atoms with Gasteiger partial charge < -0.3 is 10.1 Å². The molecule has 2 aromatic carbocycles. The number of nitrogens with zero attached hydrogens (tertiary/aromatic N) is 3. The summed E-state index contributed by atoms with van der Waals surface area (Å²) < 4.78 is 60.5. The van der Waals surface area contributed by atoms with Gasteiger partial charge in [0.1, 0.15) is 17.1 Å². The van der Waals surface area contributed by atoms with Gasteiger partial charge in [0, 0.05) is 11.4 Å². The second-order valence-corrected chi connectivity index (χ2v) is 7.81. The third-order valence-corrected chi connectivity index (χ3v) is 4.02. The Kier molecular flexibility index (Phi) is 6.38. The molecule has 2 N–H and O–H groups in total. The monoisotopic (exact) mass is 465 g/mol. The van der Waals surface area contributed by atoms with Gasteiger partial charge >= 0.3 is 12.3 Å². The lowest BCUT2D eigenvalue weighted by Gasteiger charge is -2.19. The van der Waals surface area contributed by atoms with E-state index >= 15 is 0 Å². The van der Waals surface area contributed by atoms with Crippen LogP contribution in [0.4, 0.5) is 33.7 Å². The Morgan fingerprint density at radius 3 is 2.06 bits per heavy atom.